The van der Waals surface area contributed by atoms with Crippen LogP contribution in [0.5, 0.6) is 11.5 Å². The molecule has 0 unspecified atom stereocenters. The van der Waals surface area contributed by atoms with Gasteiger partial charge in [-0.05, 0) is 89.4 Å². The van der Waals surface area contributed by atoms with E-state index in [9.17, 15) is 9.59 Å². The van der Waals surface area contributed by atoms with Crippen molar-refractivity contribution in [2.45, 2.75) is 39.5 Å². The fourth-order valence-electron chi connectivity index (χ4n) is 4.66. The van der Waals surface area contributed by atoms with Gasteiger partial charge in [-0.1, -0.05) is 93.2 Å². The molecule has 0 radical (unpaired) electrons. The van der Waals surface area contributed by atoms with Gasteiger partial charge in [0.15, 0.2) is 0 Å². The van der Waals surface area contributed by atoms with E-state index in [-0.39, 0.29) is 12.2 Å². The molecule has 4 rings (SSSR count). The second-order valence-corrected chi connectivity index (χ2v) is 10.6. The number of methoxy groups -OCH3 is 1. The summed E-state index contributed by atoms with van der Waals surface area (Å²) in [6.45, 7) is 11.3. The molecular weight excluding hydrogens is 536 g/mol. The number of carbonyl (C=O) groups is 2. The van der Waals surface area contributed by atoms with Gasteiger partial charge in [0.25, 0.3) is 0 Å². The molecule has 0 aliphatic rings. The quantitative estimate of drug-likeness (QED) is 0.0912. The molecule has 0 saturated carbocycles. The van der Waals surface area contributed by atoms with E-state index in [1.807, 2.05) is 30.3 Å². The lowest BCUT2D eigenvalue weighted by Crippen LogP contribution is -2.13. The zero-order valence-corrected chi connectivity index (χ0v) is 25.2. The summed E-state index contributed by atoms with van der Waals surface area (Å²) < 4.78 is 16.0. The molecule has 220 valence electrons. The van der Waals surface area contributed by atoms with Crippen molar-refractivity contribution in [1.29, 1.82) is 0 Å². The topological polar surface area (TPSA) is 61.8 Å². The van der Waals surface area contributed by atoms with Crippen LogP contribution in [0.15, 0.2) is 115 Å². The summed E-state index contributed by atoms with van der Waals surface area (Å²) in [4.78, 5) is 24.5. The molecule has 0 bridgehead atoms. The van der Waals surface area contributed by atoms with Gasteiger partial charge in [0, 0.05) is 12.7 Å². The molecule has 0 aliphatic carbocycles. The highest BCUT2D eigenvalue weighted by Gasteiger charge is 2.14. The first-order valence-electron chi connectivity index (χ1n) is 14.5. The lowest BCUT2D eigenvalue weighted by atomic mass is 9.97. The monoisotopic (exact) mass is 574 g/mol. The molecule has 0 aliphatic heterocycles. The van der Waals surface area contributed by atoms with Crippen LogP contribution >= 0.6 is 0 Å². The van der Waals surface area contributed by atoms with Crippen molar-refractivity contribution in [2.24, 2.45) is 0 Å². The first-order chi connectivity index (χ1) is 20.8. The summed E-state index contributed by atoms with van der Waals surface area (Å²) in [7, 11) is 1.50. The summed E-state index contributed by atoms with van der Waals surface area (Å²) in [6.07, 6.45) is 3.68. The van der Waals surface area contributed by atoms with Gasteiger partial charge in [-0.2, -0.15) is 0 Å². The van der Waals surface area contributed by atoms with Crippen molar-refractivity contribution >= 4 is 11.9 Å². The molecule has 0 spiro atoms. The van der Waals surface area contributed by atoms with E-state index in [1.54, 1.807) is 19.1 Å². The van der Waals surface area contributed by atoms with Crippen molar-refractivity contribution in [1.82, 2.24) is 0 Å². The van der Waals surface area contributed by atoms with Crippen LogP contribution in [-0.4, -0.2) is 25.7 Å². The fourth-order valence-corrected chi connectivity index (χ4v) is 4.66. The molecule has 5 heteroatoms. The van der Waals surface area contributed by atoms with Gasteiger partial charge < -0.3 is 14.2 Å². The van der Waals surface area contributed by atoms with Crippen molar-refractivity contribution in [3.8, 4) is 33.8 Å². The van der Waals surface area contributed by atoms with Crippen LogP contribution < -0.4 is 9.47 Å². The predicted molar refractivity (Wildman–Crippen MR) is 172 cm³/mol. The Kier molecular flexibility index (Phi) is 10.8. The number of ether oxygens (including phenoxy) is 3. The lowest BCUT2D eigenvalue weighted by molar-refractivity contribution is -0.131. The van der Waals surface area contributed by atoms with Crippen LogP contribution in [0.1, 0.15) is 37.0 Å². The van der Waals surface area contributed by atoms with Crippen LogP contribution in [0.4, 0.5) is 0 Å². The Morgan fingerprint density at radius 3 is 1.74 bits per heavy atom. The largest absolute Gasteiger partial charge is 0.423 e. The van der Waals surface area contributed by atoms with Crippen molar-refractivity contribution in [3.63, 3.8) is 0 Å². The van der Waals surface area contributed by atoms with E-state index in [2.05, 4.69) is 68.6 Å². The van der Waals surface area contributed by atoms with Gasteiger partial charge in [-0.3, -0.25) is 0 Å². The molecule has 0 N–H and O–H groups in total. The van der Waals surface area contributed by atoms with E-state index >= 15 is 0 Å². The van der Waals surface area contributed by atoms with Gasteiger partial charge in [0.05, 0.1) is 12.2 Å². The molecule has 0 atom stereocenters. The van der Waals surface area contributed by atoms with Crippen molar-refractivity contribution < 1.29 is 23.8 Å². The Morgan fingerprint density at radius 1 is 0.651 bits per heavy atom. The number of hydrogen-bond acceptors (Lipinski definition) is 5. The average molecular weight is 575 g/mol. The Labute approximate surface area is 254 Å². The lowest BCUT2D eigenvalue weighted by Gasteiger charge is -2.13. The third-order valence-corrected chi connectivity index (χ3v) is 7.08. The number of rotatable bonds is 13. The van der Waals surface area contributed by atoms with Crippen LogP contribution in [0, 0.1) is 0 Å². The number of carbonyl (C=O) groups excluding carboxylic acids is 2. The minimum atomic E-state index is -0.529. The Bertz CT molecular complexity index is 1580. The zero-order valence-electron chi connectivity index (χ0n) is 25.2. The molecule has 4 aromatic rings. The van der Waals surface area contributed by atoms with Crippen LogP contribution in [0.25, 0.3) is 22.3 Å². The second-order valence-electron chi connectivity index (χ2n) is 10.6. The number of aryl methyl sites for hydroxylation is 3. The summed E-state index contributed by atoms with van der Waals surface area (Å²) in [5.74, 6) is -0.0515. The SMILES string of the molecule is C=C(C)C(=O)Oc1ccc(-c2ccc(OC(=O)C(=C)COC)cc2)cc1CCc1ccc(-c2ccc(CCC)cc2)cc1. The molecule has 0 fully saturated rings. The number of hydrogen-bond donors (Lipinski definition) is 0. The normalized spacial score (nSPS) is 10.7. The maximum Gasteiger partial charge on any atom is 0.341 e. The molecule has 4 aromatic carbocycles. The Balaban J connectivity index is 1.50. The molecule has 0 aromatic heterocycles. The number of esters is 2. The average Bonchev–Trinajstić information content (AvgIpc) is 3.02. The third-order valence-electron chi connectivity index (χ3n) is 7.08. The van der Waals surface area contributed by atoms with Gasteiger partial charge in [-0.25, -0.2) is 9.59 Å². The minimum absolute atomic E-state index is 0.110. The summed E-state index contributed by atoms with van der Waals surface area (Å²) >= 11 is 0. The highest BCUT2D eigenvalue weighted by molar-refractivity contribution is 5.90. The van der Waals surface area contributed by atoms with Gasteiger partial charge in [-0.15, -0.1) is 0 Å². The molecule has 0 heterocycles. The molecular formula is C38H38O5. The summed E-state index contributed by atoms with van der Waals surface area (Å²) in [5, 5.41) is 0. The maximum absolute atomic E-state index is 12.4. The Hall–Kier alpha value is -4.74. The molecule has 5 nitrogen and oxygen atoms in total. The van der Waals surface area contributed by atoms with Gasteiger partial charge >= 0.3 is 11.9 Å². The molecule has 0 saturated heterocycles. The highest BCUT2D eigenvalue weighted by Crippen LogP contribution is 2.30. The first-order valence-corrected chi connectivity index (χ1v) is 14.5. The molecule has 43 heavy (non-hydrogen) atoms. The van der Waals surface area contributed by atoms with Crippen LogP contribution in [-0.2, 0) is 33.6 Å². The van der Waals surface area contributed by atoms with E-state index in [1.165, 1.54) is 29.4 Å². The van der Waals surface area contributed by atoms with Gasteiger partial charge in [0.1, 0.15) is 11.5 Å². The van der Waals surface area contributed by atoms with Crippen molar-refractivity contribution in [2.75, 3.05) is 13.7 Å². The van der Waals surface area contributed by atoms with Gasteiger partial charge in [0.2, 0.25) is 0 Å². The zero-order chi connectivity index (χ0) is 30.8. The van der Waals surface area contributed by atoms with E-state index in [0.29, 0.717) is 23.5 Å². The maximum atomic E-state index is 12.4. The van der Waals surface area contributed by atoms with Crippen LogP contribution in [0.2, 0.25) is 0 Å². The number of benzene rings is 4. The smallest absolute Gasteiger partial charge is 0.341 e. The molecule has 0 amide bonds. The predicted octanol–water partition coefficient (Wildman–Crippen LogP) is 8.35. The fraction of sp³-hybridized carbons (Fsp3) is 0.211. The van der Waals surface area contributed by atoms with Crippen LogP contribution in [0.3, 0.4) is 0 Å². The Morgan fingerprint density at radius 2 is 1.19 bits per heavy atom. The third kappa shape index (κ3) is 8.63. The standard InChI is InChI=1S/C38H38O5/c1-6-7-28-8-13-30(14-9-28)31-15-10-29(11-16-31)12-17-34-24-33(20-23-36(34)43-37(39)26(2)3)32-18-21-35(22-19-32)42-38(40)27(4)25-41-5/h8-11,13-16,18-24H,2,4,6-7,12,17,25H2,1,3,5H3. The minimum Gasteiger partial charge on any atom is -0.423 e. The summed E-state index contributed by atoms with van der Waals surface area (Å²) in [5.41, 5.74) is 8.31. The summed E-state index contributed by atoms with van der Waals surface area (Å²) in [6, 6.07) is 30.4. The first kappa shape index (κ1) is 31.2. The second kappa shape index (κ2) is 14.9. The van der Waals surface area contributed by atoms with E-state index < -0.39 is 11.9 Å². The van der Waals surface area contributed by atoms with E-state index in [4.69, 9.17) is 14.2 Å². The van der Waals surface area contributed by atoms with Crippen molar-refractivity contribution in [3.05, 3.63) is 132 Å². The van der Waals surface area contributed by atoms with E-state index in [0.717, 1.165) is 36.0 Å². The highest BCUT2D eigenvalue weighted by atomic mass is 16.5.